The fourth-order valence-corrected chi connectivity index (χ4v) is 2.33. The summed E-state index contributed by atoms with van der Waals surface area (Å²) < 4.78 is 0. The van der Waals surface area contributed by atoms with E-state index in [1.54, 1.807) is 0 Å². The van der Waals surface area contributed by atoms with E-state index in [1.807, 2.05) is 0 Å². The fourth-order valence-electron chi connectivity index (χ4n) is 2.33. The van der Waals surface area contributed by atoms with E-state index in [9.17, 15) is 9.90 Å². The molecule has 0 rings (SSSR count). The first-order valence-electron chi connectivity index (χ1n) is 7.34. The molecule has 0 aliphatic heterocycles. The van der Waals surface area contributed by atoms with Crippen LogP contribution in [0.1, 0.15) is 78.6 Å². The molecule has 0 amide bonds. The Balaban J connectivity index is 3.78. The summed E-state index contributed by atoms with van der Waals surface area (Å²) >= 11 is 0. The normalized spacial score (nSPS) is 14.5. The van der Waals surface area contributed by atoms with Gasteiger partial charge < -0.3 is 5.11 Å². The molecule has 0 fully saturated rings. The lowest BCUT2D eigenvalue weighted by Gasteiger charge is -2.15. The van der Waals surface area contributed by atoms with Gasteiger partial charge in [0.2, 0.25) is 0 Å². The average Bonchev–Trinajstić information content (AvgIpc) is 2.28. The Hall–Kier alpha value is -0.530. The molecule has 17 heavy (non-hydrogen) atoms. The molecule has 102 valence electrons. The van der Waals surface area contributed by atoms with E-state index in [-0.39, 0.29) is 5.92 Å². The van der Waals surface area contributed by atoms with Crippen LogP contribution in [0.2, 0.25) is 0 Å². The van der Waals surface area contributed by atoms with Gasteiger partial charge in [-0.2, -0.15) is 0 Å². The van der Waals surface area contributed by atoms with Crippen LogP contribution in [-0.2, 0) is 4.79 Å². The number of carbonyl (C=O) groups is 1. The van der Waals surface area contributed by atoms with Crippen LogP contribution in [0.25, 0.3) is 0 Å². The Kier molecular flexibility index (Phi) is 10.3. The van der Waals surface area contributed by atoms with Crippen molar-refractivity contribution in [3.63, 3.8) is 0 Å². The molecule has 1 N–H and O–H groups in total. The predicted molar refractivity (Wildman–Crippen MR) is 73.2 cm³/mol. The van der Waals surface area contributed by atoms with Crippen molar-refractivity contribution in [2.75, 3.05) is 0 Å². The highest BCUT2D eigenvalue weighted by Crippen LogP contribution is 2.21. The van der Waals surface area contributed by atoms with Gasteiger partial charge in [0.15, 0.2) is 0 Å². The topological polar surface area (TPSA) is 37.3 Å². The smallest absolute Gasteiger partial charge is 0.306 e. The van der Waals surface area contributed by atoms with Gasteiger partial charge in [-0.15, -0.1) is 0 Å². The van der Waals surface area contributed by atoms with Crippen LogP contribution in [0.4, 0.5) is 0 Å². The summed E-state index contributed by atoms with van der Waals surface area (Å²) in [6, 6.07) is 0. The van der Waals surface area contributed by atoms with E-state index in [0.717, 1.165) is 25.7 Å². The van der Waals surface area contributed by atoms with Gasteiger partial charge in [0.25, 0.3) is 0 Å². The average molecular weight is 242 g/mol. The quantitative estimate of drug-likeness (QED) is 0.525. The SMILES string of the molecule is CCCCCCC(CCC(C)CCC)C(=O)O. The molecule has 2 heteroatoms. The molecule has 0 aromatic heterocycles. The Morgan fingerprint density at radius 3 is 2.18 bits per heavy atom. The molecule has 2 atom stereocenters. The maximum atomic E-state index is 11.1. The zero-order chi connectivity index (χ0) is 13.1. The number of carboxylic acid groups (broad SMARTS) is 1. The van der Waals surface area contributed by atoms with E-state index in [4.69, 9.17) is 0 Å². The molecule has 2 unspecified atom stereocenters. The Bertz CT molecular complexity index is 189. The van der Waals surface area contributed by atoms with Gasteiger partial charge in [-0.1, -0.05) is 59.3 Å². The maximum absolute atomic E-state index is 11.1. The van der Waals surface area contributed by atoms with Crippen molar-refractivity contribution in [3.05, 3.63) is 0 Å². The second kappa shape index (κ2) is 10.6. The van der Waals surface area contributed by atoms with E-state index in [0.29, 0.717) is 5.92 Å². The number of rotatable bonds is 11. The van der Waals surface area contributed by atoms with Crippen LogP contribution in [0, 0.1) is 11.8 Å². The van der Waals surface area contributed by atoms with Crippen molar-refractivity contribution >= 4 is 5.97 Å². The number of hydrogen-bond donors (Lipinski definition) is 1. The zero-order valence-corrected chi connectivity index (χ0v) is 11.9. The van der Waals surface area contributed by atoms with Gasteiger partial charge in [-0.05, 0) is 25.2 Å². The van der Waals surface area contributed by atoms with Crippen LogP contribution >= 0.6 is 0 Å². The minimum absolute atomic E-state index is 0.105. The van der Waals surface area contributed by atoms with Gasteiger partial charge in [0, 0.05) is 0 Å². The van der Waals surface area contributed by atoms with Crippen LogP contribution in [0.15, 0.2) is 0 Å². The lowest BCUT2D eigenvalue weighted by Crippen LogP contribution is -2.14. The van der Waals surface area contributed by atoms with Crippen LogP contribution < -0.4 is 0 Å². The summed E-state index contributed by atoms with van der Waals surface area (Å²) in [5.41, 5.74) is 0. The van der Waals surface area contributed by atoms with E-state index >= 15 is 0 Å². The molecule has 0 aromatic rings. The van der Waals surface area contributed by atoms with Gasteiger partial charge in [-0.25, -0.2) is 0 Å². The van der Waals surface area contributed by atoms with E-state index in [2.05, 4.69) is 20.8 Å². The number of hydrogen-bond acceptors (Lipinski definition) is 1. The third kappa shape index (κ3) is 9.20. The first kappa shape index (κ1) is 16.5. The van der Waals surface area contributed by atoms with Gasteiger partial charge in [0.05, 0.1) is 5.92 Å². The molecule has 0 aromatic carbocycles. The molecule has 0 spiro atoms. The van der Waals surface area contributed by atoms with Crippen molar-refractivity contribution < 1.29 is 9.90 Å². The Morgan fingerprint density at radius 2 is 1.65 bits per heavy atom. The fraction of sp³-hybridized carbons (Fsp3) is 0.933. The van der Waals surface area contributed by atoms with Crippen LogP contribution in [0.5, 0.6) is 0 Å². The monoisotopic (exact) mass is 242 g/mol. The van der Waals surface area contributed by atoms with Crippen molar-refractivity contribution in [3.8, 4) is 0 Å². The lowest BCUT2D eigenvalue weighted by molar-refractivity contribution is -0.142. The number of unbranched alkanes of at least 4 members (excludes halogenated alkanes) is 3. The standard InChI is InChI=1S/C15H30O2/c1-4-6-7-8-10-14(15(16)17)12-11-13(3)9-5-2/h13-14H,4-12H2,1-3H3,(H,16,17). The van der Waals surface area contributed by atoms with E-state index < -0.39 is 5.97 Å². The molecular formula is C15H30O2. The zero-order valence-electron chi connectivity index (χ0n) is 11.9. The molecule has 0 heterocycles. The van der Waals surface area contributed by atoms with Crippen molar-refractivity contribution in [1.29, 1.82) is 0 Å². The highest BCUT2D eigenvalue weighted by atomic mass is 16.4. The molecular weight excluding hydrogens is 212 g/mol. The highest BCUT2D eigenvalue weighted by Gasteiger charge is 2.17. The summed E-state index contributed by atoms with van der Waals surface area (Å²) in [5.74, 6) is -0.0196. The van der Waals surface area contributed by atoms with Crippen molar-refractivity contribution in [2.45, 2.75) is 78.6 Å². The first-order chi connectivity index (χ1) is 8.11. The molecule has 0 aliphatic rings. The van der Waals surface area contributed by atoms with Crippen LogP contribution in [0.3, 0.4) is 0 Å². The first-order valence-corrected chi connectivity index (χ1v) is 7.34. The van der Waals surface area contributed by atoms with E-state index in [1.165, 1.54) is 32.1 Å². The summed E-state index contributed by atoms with van der Waals surface area (Å²) in [5, 5.41) is 9.17. The summed E-state index contributed by atoms with van der Waals surface area (Å²) in [6.45, 7) is 6.61. The van der Waals surface area contributed by atoms with Crippen LogP contribution in [-0.4, -0.2) is 11.1 Å². The Morgan fingerprint density at radius 1 is 0.941 bits per heavy atom. The molecule has 0 aliphatic carbocycles. The maximum Gasteiger partial charge on any atom is 0.306 e. The third-order valence-electron chi connectivity index (χ3n) is 3.54. The van der Waals surface area contributed by atoms with Crippen molar-refractivity contribution in [1.82, 2.24) is 0 Å². The third-order valence-corrected chi connectivity index (χ3v) is 3.54. The second-order valence-corrected chi connectivity index (χ2v) is 5.36. The largest absolute Gasteiger partial charge is 0.481 e. The summed E-state index contributed by atoms with van der Waals surface area (Å²) in [6.07, 6.45) is 9.94. The minimum atomic E-state index is -0.592. The lowest BCUT2D eigenvalue weighted by atomic mass is 9.91. The van der Waals surface area contributed by atoms with Crippen molar-refractivity contribution in [2.24, 2.45) is 11.8 Å². The predicted octanol–water partition coefficient (Wildman–Crippen LogP) is 4.87. The Labute approximate surface area is 107 Å². The second-order valence-electron chi connectivity index (χ2n) is 5.36. The number of carboxylic acids is 1. The molecule has 0 bridgehead atoms. The minimum Gasteiger partial charge on any atom is -0.481 e. The van der Waals surface area contributed by atoms with Gasteiger partial charge in [0.1, 0.15) is 0 Å². The van der Waals surface area contributed by atoms with Gasteiger partial charge in [-0.3, -0.25) is 4.79 Å². The summed E-state index contributed by atoms with van der Waals surface area (Å²) in [7, 11) is 0. The summed E-state index contributed by atoms with van der Waals surface area (Å²) in [4.78, 5) is 11.1. The van der Waals surface area contributed by atoms with Gasteiger partial charge >= 0.3 is 5.97 Å². The molecule has 0 saturated carbocycles. The molecule has 0 saturated heterocycles. The highest BCUT2D eigenvalue weighted by molar-refractivity contribution is 5.69. The number of aliphatic carboxylic acids is 1. The molecule has 2 nitrogen and oxygen atoms in total. The molecule has 0 radical (unpaired) electrons.